The first-order chi connectivity index (χ1) is 19.4. The third-order valence-electron chi connectivity index (χ3n) is 7.20. The summed E-state index contributed by atoms with van der Waals surface area (Å²) in [7, 11) is 6.38. The number of nitrogens with zero attached hydrogens (tertiary/aromatic N) is 2. The number of nitrogens with one attached hydrogen (secondary N) is 1. The molecule has 0 aromatic heterocycles. The molecule has 218 valence electrons. The summed E-state index contributed by atoms with van der Waals surface area (Å²) in [5.41, 5.74) is 7.39. The lowest BCUT2D eigenvalue weighted by Crippen LogP contribution is -2.55. The van der Waals surface area contributed by atoms with Gasteiger partial charge in [-0.2, -0.15) is 0 Å². The van der Waals surface area contributed by atoms with Crippen molar-refractivity contribution in [2.24, 2.45) is 5.73 Å². The quantitative estimate of drug-likeness (QED) is 0.330. The zero-order chi connectivity index (χ0) is 30.2. The maximum absolute atomic E-state index is 14.1. The van der Waals surface area contributed by atoms with E-state index in [1.165, 1.54) is 15.9 Å². The van der Waals surface area contributed by atoms with Crippen molar-refractivity contribution < 1.29 is 19.1 Å². The highest BCUT2D eigenvalue weighted by atomic mass is 16.5. The van der Waals surface area contributed by atoms with Crippen LogP contribution >= 0.6 is 0 Å². The van der Waals surface area contributed by atoms with Gasteiger partial charge in [0.15, 0.2) is 0 Å². The van der Waals surface area contributed by atoms with Gasteiger partial charge in [-0.25, -0.2) is 0 Å². The summed E-state index contributed by atoms with van der Waals surface area (Å²) in [6, 6.07) is 19.8. The van der Waals surface area contributed by atoms with Crippen molar-refractivity contribution in [3.8, 4) is 5.75 Å². The summed E-state index contributed by atoms with van der Waals surface area (Å²) >= 11 is 0. The van der Waals surface area contributed by atoms with Crippen LogP contribution in [0.15, 0.2) is 78.9 Å². The molecule has 2 atom stereocenters. The molecule has 0 aliphatic rings. The second-order valence-corrected chi connectivity index (χ2v) is 11.1. The molecular weight excluding hydrogens is 516 g/mol. The number of ether oxygens (including phenoxy) is 1. The predicted octanol–water partition coefficient (Wildman–Crippen LogP) is 3.72. The van der Waals surface area contributed by atoms with Gasteiger partial charge in [-0.05, 0) is 60.4 Å². The Morgan fingerprint density at radius 1 is 0.902 bits per heavy atom. The lowest BCUT2D eigenvalue weighted by molar-refractivity contribution is -0.146. The predicted molar refractivity (Wildman–Crippen MR) is 164 cm³/mol. The Morgan fingerprint density at radius 2 is 1.51 bits per heavy atom. The molecule has 0 bridgehead atoms. The number of hydrogen-bond acceptors (Lipinski definition) is 5. The normalized spacial score (nSPS) is 13.0. The van der Waals surface area contributed by atoms with Gasteiger partial charge in [-0.15, -0.1) is 0 Å². The molecule has 0 saturated heterocycles. The lowest BCUT2D eigenvalue weighted by atomic mass is 9.98. The van der Waals surface area contributed by atoms with Crippen LogP contribution in [0.5, 0.6) is 5.75 Å². The highest BCUT2D eigenvalue weighted by Crippen LogP contribution is 2.21. The molecule has 8 heteroatoms. The molecule has 3 amide bonds. The Labute approximate surface area is 243 Å². The van der Waals surface area contributed by atoms with Crippen LogP contribution in [-0.2, 0) is 27.2 Å². The van der Waals surface area contributed by atoms with Gasteiger partial charge in [0.2, 0.25) is 17.7 Å². The van der Waals surface area contributed by atoms with Gasteiger partial charge in [-0.3, -0.25) is 14.4 Å². The van der Waals surface area contributed by atoms with Crippen LogP contribution in [0.25, 0.3) is 10.8 Å². The Bertz CT molecular complexity index is 1380. The number of rotatable bonds is 12. The summed E-state index contributed by atoms with van der Waals surface area (Å²) in [5.74, 6) is -0.228. The van der Waals surface area contributed by atoms with E-state index >= 15 is 0 Å². The van der Waals surface area contributed by atoms with Crippen molar-refractivity contribution in [1.82, 2.24) is 15.1 Å². The fourth-order valence-corrected chi connectivity index (χ4v) is 4.66. The fraction of sp³-hybridized carbons (Fsp3) is 0.364. The lowest BCUT2D eigenvalue weighted by Gasteiger charge is -2.34. The molecule has 8 nitrogen and oxygen atoms in total. The Hall–Kier alpha value is -4.17. The van der Waals surface area contributed by atoms with Gasteiger partial charge in [0.05, 0.1) is 7.11 Å². The van der Waals surface area contributed by atoms with E-state index in [1.54, 1.807) is 34.3 Å². The molecular formula is C33H42N4O4. The molecule has 41 heavy (non-hydrogen) atoms. The highest BCUT2D eigenvalue weighted by Gasteiger charge is 2.34. The summed E-state index contributed by atoms with van der Waals surface area (Å²) in [5, 5.41) is 4.82. The molecule has 0 aliphatic carbocycles. The molecule has 0 radical (unpaired) electrons. The van der Waals surface area contributed by atoms with Crippen LogP contribution in [0.1, 0.15) is 31.4 Å². The zero-order valence-corrected chi connectivity index (χ0v) is 24.9. The van der Waals surface area contributed by atoms with Crippen molar-refractivity contribution in [3.05, 3.63) is 90.0 Å². The van der Waals surface area contributed by atoms with Gasteiger partial charge >= 0.3 is 0 Å². The summed E-state index contributed by atoms with van der Waals surface area (Å²) in [4.78, 5) is 43.3. The van der Waals surface area contributed by atoms with Crippen molar-refractivity contribution in [2.75, 3.05) is 28.3 Å². The standard InChI is InChI=1S/C33H42N4O4/c1-33(2,34)19-9-12-30(38)36(4)29(22-24-13-16-25-10-7-8-11-26(25)20-24)32(40)37(5)28(31(39)35-3)21-23-14-17-27(41-6)18-15-23/h7-18,20,28-29H,19,21-22,34H2,1-6H3,(H,35,39)/b12-9+/t28-,29-/m1/s1. The van der Waals surface area contributed by atoms with Gasteiger partial charge in [0, 0.05) is 39.5 Å². The molecule has 0 fully saturated rings. The number of likely N-dealkylation sites (N-methyl/N-ethyl adjacent to an activating group) is 3. The first kappa shape index (κ1) is 31.4. The highest BCUT2D eigenvalue weighted by molar-refractivity contribution is 5.95. The summed E-state index contributed by atoms with van der Waals surface area (Å²) in [6.07, 6.45) is 4.30. The fourth-order valence-electron chi connectivity index (χ4n) is 4.66. The number of fused-ring (bicyclic) bond motifs is 1. The molecule has 3 aromatic carbocycles. The van der Waals surface area contributed by atoms with E-state index in [2.05, 4.69) is 5.32 Å². The maximum atomic E-state index is 14.1. The largest absolute Gasteiger partial charge is 0.497 e. The first-order valence-corrected chi connectivity index (χ1v) is 13.7. The molecule has 0 unspecified atom stereocenters. The smallest absolute Gasteiger partial charge is 0.246 e. The van der Waals surface area contributed by atoms with E-state index in [0.29, 0.717) is 18.6 Å². The Kier molecular flexibility index (Phi) is 10.7. The third kappa shape index (κ3) is 8.66. The van der Waals surface area contributed by atoms with Crippen LogP contribution in [0.4, 0.5) is 0 Å². The van der Waals surface area contributed by atoms with Crippen LogP contribution in [-0.4, -0.2) is 73.4 Å². The molecule has 3 aromatic rings. The number of hydrogen-bond donors (Lipinski definition) is 2. The SMILES string of the molecule is CNC(=O)[C@@H](Cc1ccc(OC)cc1)N(C)C(=O)[C@@H](Cc1ccc2ccccc2c1)N(C)C(=O)/C=C/CC(C)(C)N. The van der Waals surface area contributed by atoms with Gasteiger partial charge in [0.1, 0.15) is 17.8 Å². The van der Waals surface area contributed by atoms with Gasteiger partial charge in [-0.1, -0.05) is 60.7 Å². The van der Waals surface area contributed by atoms with Gasteiger partial charge in [0.25, 0.3) is 0 Å². The second kappa shape index (κ2) is 13.9. The van der Waals surface area contributed by atoms with E-state index in [0.717, 1.165) is 21.9 Å². The molecule has 0 heterocycles. The average molecular weight is 559 g/mol. The minimum Gasteiger partial charge on any atom is -0.497 e. The number of carbonyl (C=O) groups is 3. The van der Waals surface area contributed by atoms with Crippen molar-refractivity contribution in [1.29, 1.82) is 0 Å². The van der Waals surface area contributed by atoms with E-state index in [9.17, 15) is 14.4 Å². The van der Waals surface area contributed by atoms with E-state index in [4.69, 9.17) is 10.5 Å². The number of amides is 3. The minimum absolute atomic E-state index is 0.287. The number of benzene rings is 3. The van der Waals surface area contributed by atoms with Gasteiger partial charge < -0.3 is 25.6 Å². The molecule has 0 aliphatic heterocycles. The summed E-state index contributed by atoms with van der Waals surface area (Å²) in [6.45, 7) is 3.77. The van der Waals surface area contributed by atoms with Crippen molar-refractivity contribution >= 4 is 28.5 Å². The van der Waals surface area contributed by atoms with Crippen LogP contribution in [0.3, 0.4) is 0 Å². The maximum Gasteiger partial charge on any atom is 0.246 e. The van der Waals surface area contributed by atoms with Crippen LogP contribution in [0, 0.1) is 0 Å². The number of nitrogens with two attached hydrogens (primary N) is 1. The second-order valence-electron chi connectivity index (χ2n) is 11.1. The summed E-state index contributed by atoms with van der Waals surface area (Å²) < 4.78 is 5.24. The molecule has 0 saturated carbocycles. The van der Waals surface area contributed by atoms with Crippen LogP contribution < -0.4 is 15.8 Å². The number of carbonyl (C=O) groups excluding carboxylic acids is 3. The third-order valence-corrected chi connectivity index (χ3v) is 7.20. The van der Waals surface area contributed by atoms with Crippen molar-refractivity contribution in [2.45, 2.75) is 50.7 Å². The van der Waals surface area contributed by atoms with Crippen LogP contribution in [0.2, 0.25) is 0 Å². The zero-order valence-electron chi connectivity index (χ0n) is 24.9. The average Bonchev–Trinajstić information content (AvgIpc) is 2.96. The van der Waals surface area contributed by atoms with E-state index in [1.807, 2.05) is 80.6 Å². The minimum atomic E-state index is -0.841. The first-order valence-electron chi connectivity index (χ1n) is 13.7. The van der Waals surface area contributed by atoms with Crippen molar-refractivity contribution in [3.63, 3.8) is 0 Å². The number of methoxy groups -OCH3 is 1. The molecule has 3 N–H and O–H groups in total. The van der Waals surface area contributed by atoms with E-state index < -0.39 is 17.6 Å². The topological polar surface area (TPSA) is 105 Å². The van der Waals surface area contributed by atoms with E-state index in [-0.39, 0.29) is 24.1 Å². The monoisotopic (exact) mass is 558 g/mol. The Morgan fingerprint density at radius 3 is 2.12 bits per heavy atom. The molecule has 0 spiro atoms. The Balaban J connectivity index is 1.93. The molecule has 3 rings (SSSR count).